The maximum atomic E-state index is 12.5. The van der Waals surface area contributed by atoms with Gasteiger partial charge in [0, 0.05) is 15.7 Å². The lowest BCUT2D eigenvalue weighted by Crippen LogP contribution is -2.23. The molecule has 3 rings (SSSR count). The maximum absolute atomic E-state index is 12.5. The number of carbonyl (C=O) groups excluding carboxylic acids is 1. The molecule has 0 saturated heterocycles. The van der Waals surface area contributed by atoms with Crippen LogP contribution in [0.4, 0.5) is 5.13 Å². The van der Waals surface area contributed by atoms with Gasteiger partial charge >= 0.3 is 0 Å². The number of rotatable bonds is 6. The highest BCUT2D eigenvalue weighted by Gasteiger charge is 2.12. The summed E-state index contributed by atoms with van der Waals surface area (Å²) in [5, 5.41) is 12.3. The van der Waals surface area contributed by atoms with E-state index in [0.717, 1.165) is 16.2 Å². The van der Waals surface area contributed by atoms with Gasteiger partial charge in [0.2, 0.25) is 5.13 Å². The average molecular weight is 391 g/mol. The van der Waals surface area contributed by atoms with E-state index < -0.39 is 0 Å². The Morgan fingerprint density at radius 3 is 2.64 bits per heavy atom. The van der Waals surface area contributed by atoms with E-state index in [1.54, 1.807) is 11.8 Å². The summed E-state index contributed by atoms with van der Waals surface area (Å²) >= 11 is 8.78. The van der Waals surface area contributed by atoms with E-state index in [1.165, 1.54) is 11.3 Å². The number of anilines is 1. The molecule has 0 atom stereocenters. The molecule has 0 spiro atoms. The number of nitrogens with two attached hydrogens (primary N) is 1. The Bertz CT molecular complexity index is 867. The van der Waals surface area contributed by atoms with Crippen LogP contribution in [0.25, 0.3) is 0 Å². The summed E-state index contributed by atoms with van der Waals surface area (Å²) in [5.74, 6) is 0.613. The molecule has 1 heterocycles. The first-order valence-electron chi connectivity index (χ1n) is 7.44. The van der Waals surface area contributed by atoms with Gasteiger partial charge in [-0.25, -0.2) is 0 Å². The number of carbonyl (C=O) groups is 1. The Morgan fingerprint density at radius 1 is 1.16 bits per heavy atom. The Hall–Kier alpha value is -2.09. The summed E-state index contributed by atoms with van der Waals surface area (Å²) in [6.45, 7) is 0.309. The summed E-state index contributed by atoms with van der Waals surface area (Å²) in [7, 11) is 0. The molecule has 1 aromatic heterocycles. The summed E-state index contributed by atoms with van der Waals surface area (Å²) < 4.78 is 0. The van der Waals surface area contributed by atoms with Crippen molar-refractivity contribution in [3.8, 4) is 0 Å². The van der Waals surface area contributed by atoms with Crippen LogP contribution in [0.2, 0.25) is 5.02 Å². The number of nitrogen functional groups attached to an aromatic ring is 1. The third-order valence-electron chi connectivity index (χ3n) is 3.32. The van der Waals surface area contributed by atoms with Crippen molar-refractivity contribution in [1.82, 2.24) is 15.5 Å². The number of thioether (sulfide) groups is 1. The van der Waals surface area contributed by atoms with Gasteiger partial charge in [0.1, 0.15) is 5.01 Å². The molecule has 0 saturated carbocycles. The maximum Gasteiger partial charge on any atom is 0.252 e. The molecule has 0 radical (unpaired) electrons. The molecule has 25 heavy (non-hydrogen) atoms. The molecule has 2 aromatic carbocycles. The first-order valence-corrected chi connectivity index (χ1v) is 9.62. The third-order valence-corrected chi connectivity index (χ3v) is 5.47. The van der Waals surface area contributed by atoms with E-state index in [9.17, 15) is 4.79 Å². The number of hydrogen-bond acceptors (Lipinski definition) is 6. The van der Waals surface area contributed by atoms with E-state index in [2.05, 4.69) is 15.5 Å². The van der Waals surface area contributed by atoms with E-state index in [-0.39, 0.29) is 5.91 Å². The zero-order valence-corrected chi connectivity index (χ0v) is 15.5. The lowest BCUT2D eigenvalue weighted by atomic mass is 10.2. The van der Waals surface area contributed by atoms with Crippen LogP contribution in [0.5, 0.6) is 0 Å². The van der Waals surface area contributed by atoms with E-state index >= 15 is 0 Å². The van der Waals surface area contributed by atoms with Gasteiger partial charge in [0.05, 0.1) is 12.1 Å². The Labute approximate surface area is 158 Å². The third kappa shape index (κ3) is 4.94. The number of benzene rings is 2. The highest BCUT2D eigenvalue weighted by atomic mass is 35.5. The van der Waals surface area contributed by atoms with Gasteiger partial charge in [-0.15, -0.1) is 22.0 Å². The number of amides is 1. The summed E-state index contributed by atoms with van der Waals surface area (Å²) in [6, 6.07) is 15.2. The fraction of sp³-hybridized carbons (Fsp3) is 0.118. The van der Waals surface area contributed by atoms with Crippen molar-refractivity contribution in [2.24, 2.45) is 0 Å². The number of halogens is 1. The second kappa shape index (κ2) is 8.33. The van der Waals surface area contributed by atoms with Crippen LogP contribution in [-0.4, -0.2) is 16.1 Å². The monoisotopic (exact) mass is 390 g/mol. The zero-order valence-electron chi connectivity index (χ0n) is 13.1. The van der Waals surface area contributed by atoms with Crippen molar-refractivity contribution in [2.75, 3.05) is 5.73 Å². The molecule has 128 valence electrons. The van der Waals surface area contributed by atoms with Crippen molar-refractivity contribution in [1.29, 1.82) is 0 Å². The Kier molecular flexibility index (Phi) is 5.91. The van der Waals surface area contributed by atoms with E-state index in [0.29, 0.717) is 27.3 Å². The molecule has 0 aliphatic heterocycles. The average Bonchev–Trinajstić information content (AvgIpc) is 3.05. The van der Waals surface area contributed by atoms with Gasteiger partial charge in [0.15, 0.2) is 0 Å². The Morgan fingerprint density at radius 2 is 1.92 bits per heavy atom. The smallest absolute Gasteiger partial charge is 0.252 e. The standard InChI is InChI=1S/C17H15ClN4OS2/c18-12-7-5-11(6-8-12)10-24-14-4-2-1-3-13(14)16(23)20-9-15-21-22-17(19)25-15/h1-8H,9-10H2,(H2,19,22)(H,20,23). The van der Waals surface area contributed by atoms with Crippen molar-refractivity contribution in [3.63, 3.8) is 0 Å². The molecule has 3 N–H and O–H groups in total. The van der Waals surface area contributed by atoms with Gasteiger partial charge in [0.25, 0.3) is 5.91 Å². The normalized spacial score (nSPS) is 10.6. The predicted octanol–water partition coefficient (Wildman–Crippen LogP) is 4.00. The Balaban J connectivity index is 1.65. The van der Waals surface area contributed by atoms with Gasteiger partial charge in [-0.1, -0.05) is 47.2 Å². The molecule has 5 nitrogen and oxygen atoms in total. The van der Waals surface area contributed by atoms with Crippen LogP contribution in [0.15, 0.2) is 53.4 Å². The highest BCUT2D eigenvalue weighted by Crippen LogP contribution is 2.27. The van der Waals surface area contributed by atoms with Crippen LogP contribution in [0.1, 0.15) is 20.9 Å². The molecule has 0 aliphatic rings. The first kappa shape index (κ1) is 17.7. The fourth-order valence-corrected chi connectivity index (χ4v) is 3.79. The number of nitrogens with zero attached hydrogens (tertiary/aromatic N) is 2. The van der Waals surface area contributed by atoms with Crippen molar-refractivity contribution >= 4 is 45.7 Å². The molecule has 0 unspecified atom stereocenters. The molecular formula is C17H15ClN4OS2. The van der Waals surface area contributed by atoms with Crippen LogP contribution < -0.4 is 11.1 Å². The zero-order chi connectivity index (χ0) is 17.6. The topological polar surface area (TPSA) is 80.9 Å². The lowest BCUT2D eigenvalue weighted by Gasteiger charge is -2.09. The van der Waals surface area contributed by atoms with Crippen LogP contribution in [-0.2, 0) is 12.3 Å². The number of nitrogens with one attached hydrogen (secondary N) is 1. The van der Waals surface area contributed by atoms with Crippen LogP contribution >= 0.6 is 34.7 Å². The number of hydrogen-bond donors (Lipinski definition) is 2. The first-order chi connectivity index (χ1) is 12.1. The minimum Gasteiger partial charge on any atom is -0.374 e. The van der Waals surface area contributed by atoms with Crippen molar-refractivity contribution < 1.29 is 4.79 Å². The lowest BCUT2D eigenvalue weighted by molar-refractivity contribution is 0.0948. The minimum absolute atomic E-state index is 0.145. The second-order valence-electron chi connectivity index (χ2n) is 5.13. The quantitative estimate of drug-likeness (QED) is 0.622. The van der Waals surface area contributed by atoms with Crippen molar-refractivity contribution in [3.05, 3.63) is 69.7 Å². The molecule has 3 aromatic rings. The summed E-state index contributed by atoms with van der Waals surface area (Å²) in [5.41, 5.74) is 7.33. The molecule has 0 aliphatic carbocycles. The fourth-order valence-electron chi connectivity index (χ4n) is 2.11. The van der Waals surface area contributed by atoms with Gasteiger partial charge in [-0.3, -0.25) is 4.79 Å². The summed E-state index contributed by atoms with van der Waals surface area (Å²) in [6.07, 6.45) is 0. The van der Waals surface area contributed by atoms with Crippen LogP contribution in [0.3, 0.4) is 0 Å². The molecule has 8 heteroatoms. The summed E-state index contributed by atoms with van der Waals surface area (Å²) in [4.78, 5) is 13.4. The second-order valence-corrected chi connectivity index (χ2v) is 7.68. The minimum atomic E-state index is -0.145. The molecule has 0 bridgehead atoms. The molecule has 0 fully saturated rings. The van der Waals surface area contributed by atoms with Crippen molar-refractivity contribution in [2.45, 2.75) is 17.2 Å². The molecule has 1 amide bonds. The molecular weight excluding hydrogens is 376 g/mol. The highest BCUT2D eigenvalue weighted by molar-refractivity contribution is 7.98. The SMILES string of the molecule is Nc1nnc(CNC(=O)c2ccccc2SCc2ccc(Cl)cc2)s1. The predicted molar refractivity (Wildman–Crippen MR) is 103 cm³/mol. The van der Waals surface area contributed by atoms with Crippen LogP contribution in [0, 0.1) is 0 Å². The number of aromatic nitrogens is 2. The largest absolute Gasteiger partial charge is 0.374 e. The van der Waals surface area contributed by atoms with Gasteiger partial charge in [-0.05, 0) is 29.8 Å². The van der Waals surface area contributed by atoms with E-state index in [4.69, 9.17) is 17.3 Å². The van der Waals surface area contributed by atoms with Gasteiger partial charge < -0.3 is 11.1 Å². The van der Waals surface area contributed by atoms with Gasteiger partial charge in [-0.2, -0.15) is 0 Å². The van der Waals surface area contributed by atoms with E-state index in [1.807, 2.05) is 48.5 Å².